The quantitative estimate of drug-likeness (QED) is 0.0671. The van der Waals surface area contributed by atoms with Gasteiger partial charge in [0.1, 0.15) is 12.1 Å². The van der Waals surface area contributed by atoms with E-state index in [0.717, 1.165) is 0 Å². The van der Waals surface area contributed by atoms with Crippen molar-refractivity contribution in [1.82, 2.24) is 25.3 Å². The van der Waals surface area contributed by atoms with Crippen molar-refractivity contribution in [1.29, 1.82) is 0 Å². The Hall–Kier alpha value is -1.72. The summed E-state index contributed by atoms with van der Waals surface area (Å²) in [7, 11) is -6.87. The van der Waals surface area contributed by atoms with E-state index in [4.69, 9.17) is 50.9 Å². The van der Waals surface area contributed by atoms with Gasteiger partial charge in [-0.25, -0.2) is 22.6 Å². The Labute approximate surface area is 300 Å². The highest BCUT2D eigenvalue weighted by Gasteiger charge is 2.39. The first-order valence-electron chi connectivity index (χ1n) is 14.7. The van der Waals surface area contributed by atoms with Gasteiger partial charge in [-0.05, 0) is 19.0 Å². The number of alkyl halides is 4. The standard InChI is InChI=1S/C27H42Cl4N5O10PS/c1-32-21(26(39)40)7-8-23(37)33-22(25(38)34-24(27(41)42)20-5-3-2-4-6-20)19-48(44,45)18-17-46-47(43,35(13-9-28)14-10-29)36(15-11-30)16-12-31/h2-6,21-22,24,32H,7-19H2,1H3,(H,33,37)(H,34,38)(H,39,40)(H,41,42)/t21-,22?,24+/m0/s1. The molecule has 274 valence electrons. The van der Waals surface area contributed by atoms with Gasteiger partial charge >= 0.3 is 19.6 Å². The van der Waals surface area contributed by atoms with Gasteiger partial charge < -0.3 is 30.7 Å². The van der Waals surface area contributed by atoms with Crippen LogP contribution in [0.1, 0.15) is 24.4 Å². The van der Waals surface area contributed by atoms with E-state index in [9.17, 15) is 42.4 Å². The van der Waals surface area contributed by atoms with Crippen LogP contribution < -0.4 is 16.0 Å². The van der Waals surface area contributed by atoms with Crippen molar-refractivity contribution in [3.8, 4) is 0 Å². The second kappa shape index (κ2) is 22.9. The number of carbonyl (C=O) groups excluding carboxylic acids is 2. The molecule has 0 radical (unpaired) electrons. The largest absolute Gasteiger partial charge is 0.480 e. The number of nitrogens with one attached hydrogen (secondary N) is 3. The number of aliphatic carboxylic acids is 2. The summed E-state index contributed by atoms with van der Waals surface area (Å²) < 4.78 is 49.4. The predicted octanol–water partition coefficient (Wildman–Crippen LogP) is 1.96. The van der Waals surface area contributed by atoms with Gasteiger partial charge in [0.25, 0.3) is 0 Å². The highest BCUT2D eigenvalue weighted by Crippen LogP contribution is 2.54. The molecule has 3 atom stereocenters. The summed E-state index contributed by atoms with van der Waals surface area (Å²) in [5.74, 6) is -6.18. The van der Waals surface area contributed by atoms with Gasteiger partial charge in [0, 0.05) is 56.1 Å². The number of benzene rings is 1. The molecule has 1 rings (SSSR count). The molecule has 0 aliphatic carbocycles. The zero-order valence-electron chi connectivity index (χ0n) is 26.2. The summed E-state index contributed by atoms with van der Waals surface area (Å²) in [6.45, 7) is -0.299. The van der Waals surface area contributed by atoms with Gasteiger partial charge in [-0.1, -0.05) is 30.3 Å². The molecular formula is C27H42Cl4N5O10PS. The lowest BCUT2D eigenvalue weighted by Gasteiger charge is -2.37. The van der Waals surface area contributed by atoms with Gasteiger partial charge in [0.15, 0.2) is 15.9 Å². The molecule has 0 bridgehead atoms. The van der Waals surface area contributed by atoms with Gasteiger partial charge in [-0.2, -0.15) is 0 Å². The maximum Gasteiger partial charge on any atom is 0.346 e. The predicted molar refractivity (Wildman–Crippen MR) is 185 cm³/mol. The minimum absolute atomic E-state index is 0.0520. The van der Waals surface area contributed by atoms with Gasteiger partial charge in [-0.3, -0.25) is 18.9 Å². The van der Waals surface area contributed by atoms with Crippen LogP contribution in [-0.2, 0) is 38.1 Å². The average molecular weight is 802 g/mol. The topological polar surface area (TPSA) is 212 Å². The average Bonchev–Trinajstić information content (AvgIpc) is 3.03. The van der Waals surface area contributed by atoms with E-state index in [2.05, 4.69) is 16.0 Å². The first-order valence-corrected chi connectivity index (χ1v) is 20.2. The van der Waals surface area contributed by atoms with Crippen molar-refractivity contribution in [3.05, 3.63) is 35.9 Å². The summed E-state index contributed by atoms with van der Waals surface area (Å²) in [5, 5.41) is 26.1. The van der Waals surface area contributed by atoms with E-state index < -0.39 is 83.9 Å². The Morgan fingerprint density at radius 1 is 0.854 bits per heavy atom. The molecule has 15 nitrogen and oxygen atoms in total. The van der Waals surface area contributed by atoms with Crippen LogP contribution in [0.15, 0.2) is 30.3 Å². The lowest BCUT2D eigenvalue weighted by atomic mass is 10.1. The first-order chi connectivity index (χ1) is 22.7. The highest BCUT2D eigenvalue weighted by atomic mass is 35.5. The van der Waals surface area contributed by atoms with Crippen LogP contribution in [0, 0.1) is 0 Å². The Kier molecular flexibility index (Phi) is 21.1. The van der Waals surface area contributed by atoms with Crippen molar-refractivity contribution < 1.29 is 46.9 Å². The van der Waals surface area contributed by atoms with Crippen molar-refractivity contribution in [2.24, 2.45) is 0 Å². The molecule has 48 heavy (non-hydrogen) atoms. The van der Waals surface area contributed by atoms with Crippen LogP contribution in [0.25, 0.3) is 0 Å². The number of nitrogens with zero attached hydrogens (tertiary/aromatic N) is 2. The Morgan fingerprint density at radius 2 is 1.38 bits per heavy atom. The van der Waals surface area contributed by atoms with Gasteiger partial charge in [0.2, 0.25) is 11.8 Å². The van der Waals surface area contributed by atoms with Crippen LogP contribution >= 0.6 is 54.1 Å². The van der Waals surface area contributed by atoms with Crippen LogP contribution in [-0.4, -0.2) is 139 Å². The van der Waals surface area contributed by atoms with Crippen molar-refractivity contribution in [2.45, 2.75) is 31.0 Å². The minimum atomic E-state index is -4.28. The Bertz CT molecular complexity index is 1300. The fourth-order valence-electron chi connectivity index (χ4n) is 4.37. The molecule has 2 amide bonds. The molecule has 1 aromatic carbocycles. The van der Waals surface area contributed by atoms with E-state index in [1.807, 2.05) is 0 Å². The fourth-order valence-corrected chi connectivity index (χ4v) is 9.46. The van der Waals surface area contributed by atoms with E-state index in [1.54, 1.807) is 18.2 Å². The van der Waals surface area contributed by atoms with Crippen LogP contribution in [0.2, 0.25) is 0 Å². The summed E-state index contributed by atoms with van der Waals surface area (Å²) in [6.07, 6.45) is -0.589. The molecule has 0 heterocycles. The molecule has 0 aliphatic rings. The highest BCUT2D eigenvalue weighted by molar-refractivity contribution is 7.91. The zero-order chi connectivity index (χ0) is 36.3. The number of hydrogen-bond acceptors (Lipinski definition) is 9. The lowest BCUT2D eigenvalue weighted by Crippen LogP contribution is -2.52. The molecule has 0 saturated carbocycles. The van der Waals surface area contributed by atoms with E-state index >= 15 is 0 Å². The number of likely N-dealkylation sites (N-methyl/N-ethyl adjacent to an activating group) is 1. The lowest BCUT2D eigenvalue weighted by molar-refractivity contribution is -0.142. The number of rotatable bonds is 26. The summed E-state index contributed by atoms with van der Waals surface area (Å²) in [5.41, 5.74) is 0.186. The maximum absolute atomic E-state index is 14.2. The normalized spacial score (nSPS) is 14.0. The SMILES string of the molecule is CN[C@@H](CCC(=O)NC(CS(=O)(=O)CCOP(=O)(N(CCCl)CCCl)N(CCCl)CCCl)C(=O)N[C@@H](C(=O)O)c1ccccc1)C(=O)O. The monoisotopic (exact) mass is 799 g/mol. The molecular weight excluding hydrogens is 759 g/mol. The number of amides is 2. The molecule has 0 spiro atoms. The fraction of sp³-hybridized carbons (Fsp3) is 0.630. The van der Waals surface area contributed by atoms with Crippen LogP contribution in [0.3, 0.4) is 0 Å². The number of halogens is 4. The molecule has 5 N–H and O–H groups in total. The zero-order valence-corrected chi connectivity index (χ0v) is 31.0. The van der Waals surface area contributed by atoms with Crippen molar-refractivity contribution in [2.75, 3.05) is 74.9 Å². The van der Waals surface area contributed by atoms with E-state index in [1.165, 1.54) is 28.5 Å². The molecule has 0 aromatic heterocycles. The van der Waals surface area contributed by atoms with Crippen LogP contribution in [0.5, 0.6) is 0 Å². The molecule has 0 fully saturated rings. The summed E-state index contributed by atoms with van der Waals surface area (Å²) in [4.78, 5) is 49.5. The van der Waals surface area contributed by atoms with E-state index in [-0.39, 0.29) is 61.7 Å². The second-order valence-corrected chi connectivity index (χ2v) is 16.2. The third-order valence-corrected chi connectivity index (χ3v) is 11.8. The number of carbonyl (C=O) groups is 4. The smallest absolute Gasteiger partial charge is 0.346 e. The number of carboxylic acids is 2. The molecule has 1 aromatic rings. The maximum atomic E-state index is 14.2. The minimum Gasteiger partial charge on any atom is -0.480 e. The van der Waals surface area contributed by atoms with Crippen molar-refractivity contribution >= 4 is 87.7 Å². The number of hydrogen-bond donors (Lipinski definition) is 5. The van der Waals surface area contributed by atoms with Crippen molar-refractivity contribution in [3.63, 3.8) is 0 Å². The Balaban J connectivity index is 3.28. The van der Waals surface area contributed by atoms with Gasteiger partial charge in [-0.15, -0.1) is 46.4 Å². The Morgan fingerprint density at radius 3 is 1.81 bits per heavy atom. The summed E-state index contributed by atoms with van der Waals surface area (Å²) in [6, 6.07) is 3.14. The van der Waals surface area contributed by atoms with Gasteiger partial charge in [0.05, 0.1) is 18.1 Å². The molecule has 1 unspecified atom stereocenters. The molecule has 0 aliphatic heterocycles. The molecule has 21 heteroatoms. The second-order valence-electron chi connectivity index (χ2n) is 10.1. The third-order valence-electron chi connectivity index (χ3n) is 6.78. The number of carboxylic acid groups (broad SMARTS) is 2. The van der Waals surface area contributed by atoms with E-state index in [0.29, 0.717) is 0 Å². The summed E-state index contributed by atoms with van der Waals surface area (Å²) >= 11 is 23.7. The third kappa shape index (κ3) is 15.0. The first kappa shape index (κ1) is 44.3. The van der Waals surface area contributed by atoms with Crippen LogP contribution in [0.4, 0.5) is 0 Å². The number of sulfone groups is 1. The molecule has 0 saturated heterocycles.